The lowest BCUT2D eigenvalue weighted by atomic mass is 10.1. The second-order valence-electron chi connectivity index (χ2n) is 3.50. The zero-order valence-electron chi connectivity index (χ0n) is 8.96. The van der Waals surface area contributed by atoms with E-state index in [2.05, 4.69) is 0 Å². The number of rotatable bonds is 3. The lowest BCUT2D eigenvalue weighted by Gasteiger charge is -2.15. The maximum absolute atomic E-state index is 12.7. The van der Waals surface area contributed by atoms with Gasteiger partial charge in [-0.05, 0) is 18.2 Å². The molecule has 1 amide bonds. The molecular formula is C10H10F4N2O2. The van der Waals surface area contributed by atoms with Crippen LogP contribution in [0.3, 0.4) is 0 Å². The summed E-state index contributed by atoms with van der Waals surface area (Å²) in [6.07, 6.45) is -7.48. The van der Waals surface area contributed by atoms with Gasteiger partial charge in [0.05, 0.1) is 12.1 Å². The molecule has 0 aliphatic heterocycles. The summed E-state index contributed by atoms with van der Waals surface area (Å²) in [7, 11) is 0. The molecule has 1 unspecified atom stereocenters. The number of nitrogens with two attached hydrogens (primary N) is 1. The van der Waals surface area contributed by atoms with E-state index in [4.69, 9.17) is 10.8 Å². The predicted octanol–water partition coefficient (Wildman–Crippen LogP) is 1.06. The van der Waals surface area contributed by atoms with Gasteiger partial charge in [-0.15, -0.1) is 0 Å². The van der Waals surface area contributed by atoms with E-state index < -0.39 is 30.5 Å². The topological polar surface area (TPSA) is 75.4 Å². The first-order valence-corrected chi connectivity index (χ1v) is 4.80. The van der Waals surface area contributed by atoms with Crippen LogP contribution in [0, 0.1) is 5.82 Å². The fourth-order valence-electron chi connectivity index (χ4n) is 1.14. The third kappa shape index (κ3) is 3.59. The molecule has 4 nitrogen and oxygen atoms in total. The Kier molecular flexibility index (Phi) is 4.12. The highest BCUT2D eigenvalue weighted by atomic mass is 19.4. The van der Waals surface area contributed by atoms with Crippen LogP contribution in [0.15, 0.2) is 18.2 Å². The molecule has 1 aromatic carbocycles. The number of nitrogens with one attached hydrogen (secondary N) is 1. The molecule has 0 radical (unpaired) electrons. The summed E-state index contributed by atoms with van der Waals surface area (Å²) in [5.41, 5.74) is 4.97. The Morgan fingerprint density at radius 3 is 2.56 bits per heavy atom. The van der Waals surface area contributed by atoms with E-state index in [1.165, 1.54) is 0 Å². The molecule has 0 saturated carbocycles. The van der Waals surface area contributed by atoms with Crippen molar-refractivity contribution >= 4 is 11.6 Å². The predicted molar refractivity (Wildman–Crippen MR) is 55.2 cm³/mol. The average Bonchev–Trinajstić information content (AvgIpc) is 2.24. The van der Waals surface area contributed by atoms with Crippen molar-refractivity contribution in [3.8, 4) is 0 Å². The van der Waals surface area contributed by atoms with Crippen LogP contribution in [0.25, 0.3) is 0 Å². The van der Waals surface area contributed by atoms with Gasteiger partial charge in [0.25, 0.3) is 5.91 Å². The number of carbonyl (C=O) groups excluding carboxylic acids is 1. The van der Waals surface area contributed by atoms with Crippen molar-refractivity contribution < 1.29 is 27.5 Å². The van der Waals surface area contributed by atoms with E-state index >= 15 is 0 Å². The monoisotopic (exact) mass is 266 g/mol. The summed E-state index contributed by atoms with van der Waals surface area (Å²) in [6.45, 7) is -1.00. The van der Waals surface area contributed by atoms with Gasteiger partial charge in [0.2, 0.25) is 0 Å². The standard InChI is InChI=1S/C10H10F4N2O2/c11-5-1-2-6(7(15)3-5)9(18)16-4-8(17)10(12,13)14/h1-3,8,17H,4,15H2,(H,16,18). The Hall–Kier alpha value is -1.83. The maximum Gasteiger partial charge on any atom is 0.416 e. The van der Waals surface area contributed by atoms with Crippen LogP contribution >= 0.6 is 0 Å². The Balaban J connectivity index is 2.66. The molecule has 18 heavy (non-hydrogen) atoms. The molecule has 0 saturated heterocycles. The minimum atomic E-state index is -4.82. The van der Waals surface area contributed by atoms with Gasteiger partial charge in [-0.1, -0.05) is 0 Å². The van der Waals surface area contributed by atoms with Crippen molar-refractivity contribution in [2.45, 2.75) is 12.3 Å². The third-order valence-electron chi connectivity index (χ3n) is 2.09. The van der Waals surface area contributed by atoms with Crippen molar-refractivity contribution in [1.82, 2.24) is 5.32 Å². The minimum Gasteiger partial charge on any atom is -0.398 e. The number of carbonyl (C=O) groups is 1. The summed E-state index contributed by atoms with van der Waals surface area (Å²) in [5.74, 6) is -1.59. The number of amides is 1. The van der Waals surface area contributed by atoms with E-state index in [0.29, 0.717) is 0 Å². The van der Waals surface area contributed by atoms with Crippen molar-refractivity contribution in [3.63, 3.8) is 0 Å². The van der Waals surface area contributed by atoms with E-state index in [9.17, 15) is 22.4 Å². The highest BCUT2D eigenvalue weighted by Crippen LogP contribution is 2.19. The Bertz CT molecular complexity index is 448. The molecule has 4 N–H and O–H groups in total. The molecule has 1 rings (SSSR count). The number of alkyl halides is 3. The molecule has 0 aliphatic carbocycles. The molecular weight excluding hydrogens is 256 g/mol. The van der Waals surface area contributed by atoms with Crippen LogP contribution in [0.2, 0.25) is 0 Å². The summed E-state index contributed by atoms with van der Waals surface area (Å²) >= 11 is 0. The lowest BCUT2D eigenvalue weighted by Crippen LogP contribution is -2.40. The van der Waals surface area contributed by atoms with Crippen LogP contribution in [-0.4, -0.2) is 29.8 Å². The van der Waals surface area contributed by atoms with Gasteiger partial charge in [-0.25, -0.2) is 4.39 Å². The number of hydrogen-bond acceptors (Lipinski definition) is 3. The number of hydrogen-bond donors (Lipinski definition) is 3. The van der Waals surface area contributed by atoms with Gasteiger partial charge in [0, 0.05) is 5.69 Å². The SMILES string of the molecule is Nc1cc(F)ccc1C(=O)NCC(O)C(F)(F)F. The third-order valence-corrected chi connectivity index (χ3v) is 2.09. The Morgan fingerprint density at radius 1 is 1.44 bits per heavy atom. The maximum atomic E-state index is 12.7. The number of nitrogen functional groups attached to an aromatic ring is 1. The molecule has 0 aromatic heterocycles. The molecule has 0 fully saturated rings. The van der Waals surface area contributed by atoms with Crippen molar-refractivity contribution in [2.75, 3.05) is 12.3 Å². The van der Waals surface area contributed by atoms with Gasteiger partial charge in [-0.2, -0.15) is 13.2 Å². The van der Waals surface area contributed by atoms with Crippen molar-refractivity contribution in [3.05, 3.63) is 29.6 Å². The lowest BCUT2D eigenvalue weighted by molar-refractivity contribution is -0.201. The number of anilines is 1. The van der Waals surface area contributed by atoms with Crippen LogP contribution in [0.1, 0.15) is 10.4 Å². The summed E-state index contributed by atoms with van der Waals surface area (Å²) < 4.78 is 48.6. The summed E-state index contributed by atoms with van der Waals surface area (Å²) in [4.78, 5) is 11.4. The second-order valence-corrected chi connectivity index (χ2v) is 3.50. The normalized spacial score (nSPS) is 13.2. The van der Waals surface area contributed by atoms with E-state index in [1.54, 1.807) is 0 Å². The van der Waals surface area contributed by atoms with Gasteiger partial charge in [0.15, 0.2) is 6.10 Å². The number of halogens is 4. The van der Waals surface area contributed by atoms with Gasteiger partial charge in [-0.3, -0.25) is 4.79 Å². The average molecular weight is 266 g/mol. The summed E-state index contributed by atoms with van der Waals surface area (Å²) in [5, 5.41) is 10.5. The zero-order valence-corrected chi connectivity index (χ0v) is 8.96. The number of aliphatic hydroxyl groups is 1. The molecule has 8 heteroatoms. The molecule has 100 valence electrons. The molecule has 0 heterocycles. The Morgan fingerprint density at radius 2 is 2.06 bits per heavy atom. The Labute approximate surface area is 99.4 Å². The first-order valence-electron chi connectivity index (χ1n) is 4.80. The van der Waals surface area contributed by atoms with Gasteiger partial charge in [0.1, 0.15) is 5.82 Å². The highest BCUT2D eigenvalue weighted by Gasteiger charge is 2.38. The van der Waals surface area contributed by atoms with Crippen LogP contribution < -0.4 is 11.1 Å². The molecule has 0 aliphatic rings. The van der Waals surface area contributed by atoms with Crippen LogP contribution in [0.5, 0.6) is 0 Å². The zero-order chi connectivity index (χ0) is 13.9. The van der Waals surface area contributed by atoms with Crippen LogP contribution in [0.4, 0.5) is 23.2 Å². The van der Waals surface area contributed by atoms with Gasteiger partial charge >= 0.3 is 6.18 Å². The molecule has 0 bridgehead atoms. The quantitative estimate of drug-likeness (QED) is 0.565. The summed E-state index contributed by atoms with van der Waals surface area (Å²) in [6, 6.07) is 2.86. The van der Waals surface area contributed by atoms with E-state index in [0.717, 1.165) is 18.2 Å². The van der Waals surface area contributed by atoms with Crippen LogP contribution in [-0.2, 0) is 0 Å². The molecule has 0 spiro atoms. The first-order chi connectivity index (χ1) is 8.21. The number of aliphatic hydroxyl groups excluding tert-OH is 1. The fraction of sp³-hybridized carbons (Fsp3) is 0.300. The van der Waals surface area contributed by atoms with Gasteiger partial charge < -0.3 is 16.2 Å². The van der Waals surface area contributed by atoms with Crippen molar-refractivity contribution in [2.24, 2.45) is 0 Å². The fourth-order valence-corrected chi connectivity index (χ4v) is 1.14. The number of benzene rings is 1. The highest BCUT2D eigenvalue weighted by molar-refractivity contribution is 5.99. The molecule has 1 aromatic rings. The first kappa shape index (κ1) is 14.2. The largest absolute Gasteiger partial charge is 0.416 e. The smallest absolute Gasteiger partial charge is 0.398 e. The van der Waals surface area contributed by atoms with Crippen molar-refractivity contribution in [1.29, 1.82) is 0 Å². The minimum absolute atomic E-state index is 0.161. The van der Waals surface area contributed by atoms with E-state index in [-0.39, 0.29) is 11.3 Å². The van der Waals surface area contributed by atoms with E-state index in [1.807, 2.05) is 5.32 Å². The molecule has 1 atom stereocenters. The second kappa shape index (κ2) is 5.21.